The largest absolute Gasteiger partial charge is 0.328 e. The van der Waals surface area contributed by atoms with Crippen LogP contribution in [0.1, 0.15) is 25.1 Å². The molecule has 3 heterocycles. The summed E-state index contributed by atoms with van der Waals surface area (Å²) in [7, 11) is 0. The van der Waals surface area contributed by atoms with E-state index in [0.717, 1.165) is 37.8 Å². The molecule has 1 saturated heterocycles. The number of aromatic nitrogens is 3. The zero-order valence-corrected chi connectivity index (χ0v) is 21.4. The number of fused-ring (bicyclic) bond motifs is 1. The Kier molecular flexibility index (Phi) is 6.40. The lowest BCUT2D eigenvalue weighted by Gasteiger charge is -2.16. The predicted octanol–water partition coefficient (Wildman–Crippen LogP) is 5.59. The Morgan fingerprint density at radius 1 is 1.09 bits per heavy atom. The van der Waals surface area contributed by atoms with Crippen LogP contribution in [0.3, 0.4) is 0 Å². The summed E-state index contributed by atoms with van der Waals surface area (Å²) in [5.74, 6) is 0.198. The fraction of sp³-hybridized carbons (Fsp3) is 0.185. The van der Waals surface area contributed by atoms with Crippen LogP contribution in [0.25, 0.3) is 22.7 Å². The number of nitrogens with one attached hydrogen (secondary N) is 1. The lowest BCUT2D eigenvalue weighted by atomic mass is 10.2. The molecule has 35 heavy (non-hydrogen) atoms. The van der Waals surface area contributed by atoms with Gasteiger partial charge in [-0.3, -0.25) is 14.7 Å². The van der Waals surface area contributed by atoms with Gasteiger partial charge in [-0.15, -0.1) is 0 Å². The van der Waals surface area contributed by atoms with Crippen LogP contribution < -0.4 is 5.32 Å². The van der Waals surface area contributed by atoms with E-state index in [-0.39, 0.29) is 5.91 Å². The highest BCUT2D eigenvalue weighted by Crippen LogP contribution is 2.38. The van der Waals surface area contributed by atoms with Crippen LogP contribution >= 0.6 is 24.0 Å². The maximum atomic E-state index is 13.2. The van der Waals surface area contributed by atoms with Crippen LogP contribution in [-0.2, 0) is 4.79 Å². The van der Waals surface area contributed by atoms with Crippen molar-refractivity contribution in [2.75, 3.05) is 6.54 Å². The van der Waals surface area contributed by atoms with Crippen molar-refractivity contribution in [3.05, 3.63) is 83.8 Å². The zero-order valence-electron chi connectivity index (χ0n) is 19.7. The normalized spacial score (nSPS) is 15.0. The van der Waals surface area contributed by atoms with E-state index in [1.54, 1.807) is 22.9 Å². The lowest BCUT2D eigenvalue weighted by molar-refractivity contribution is -0.122. The summed E-state index contributed by atoms with van der Waals surface area (Å²) in [4.78, 5) is 20.4. The highest BCUT2D eigenvalue weighted by molar-refractivity contribution is 7.99. The van der Waals surface area contributed by atoms with Crippen molar-refractivity contribution < 1.29 is 4.79 Å². The van der Waals surface area contributed by atoms with Crippen molar-refractivity contribution >= 4 is 52.0 Å². The minimum absolute atomic E-state index is 0.113. The highest BCUT2D eigenvalue weighted by Gasteiger charge is 2.32. The molecular weight excluding hydrogens is 474 g/mol. The van der Waals surface area contributed by atoms with E-state index in [9.17, 15) is 4.79 Å². The van der Waals surface area contributed by atoms with Crippen LogP contribution in [-0.4, -0.2) is 37.2 Å². The van der Waals surface area contributed by atoms with Gasteiger partial charge in [-0.2, -0.15) is 5.10 Å². The van der Waals surface area contributed by atoms with Gasteiger partial charge >= 0.3 is 0 Å². The fourth-order valence-electron chi connectivity index (χ4n) is 4.04. The maximum Gasteiger partial charge on any atom is 0.276 e. The molecule has 2 aromatic heterocycles. The third kappa shape index (κ3) is 4.59. The number of benzene rings is 2. The molecule has 6 nitrogen and oxygen atoms in total. The van der Waals surface area contributed by atoms with E-state index in [2.05, 4.69) is 42.3 Å². The van der Waals surface area contributed by atoms with Crippen LogP contribution in [0.5, 0.6) is 0 Å². The van der Waals surface area contributed by atoms with Gasteiger partial charge in [0.2, 0.25) is 0 Å². The molecular formula is C27H25N5OS2. The molecule has 176 valence electrons. The van der Waals surface area contributed by atoms with Gasteiger partial charge in [0.05, 0.1) is 16.9 Å². The summed E-state index contributed by atoms with van der Waals surface area (Å²) < 4.78 is 1.93. The number of pyridine rings is 1. The number of hydrogen-bond acceptors (Lipinski definition) is 5. The van der Waals surface area contributed by atoms with E-state index < -0.39 is 0 Å². The number of hydrogen-bond donors (Lipinski definition) is 1. The number of carbonyl (C=O) groups is 1. The van der Waals surface area contributed by atoms with Crippen molar-refractivity contribution in [3.8, 4) is 5.69 Å². The molecule has 2 aromatic carbocycles. The summed E-state index contributed by atoms with van der Waals surface area (Å²) in [5.41, 5.74) is 4.02. The molecule has 0 spiro atoms. The summed E-state index contributed by atoms with van der Waals surface area (Å²) >= 11 is 7.04. The number of rotatable bonds is 6. The summed E-state index contributed by atoms with van der Waals surface area (Å²) in [5, 5.41) is 10.4. The Bertz CT molecular complexity index is 1450. The Balaban J connectivity index is 1.63. The second-order valence-electron chi connectivity index (χ2n) is 8.78. The molecule has 0 radical (unpaired) electrons. The summed E-state index contributed by atoms with van der Waals surface area (Å²) in [6.07, 6.45) is 3.68. The maximum absolute atomic E-state index is 13.2. The molecule has 0 atom stereocenters. The molecule has 0 aliphatic carbocycles. The van der Waals surface area contributed by atoms with E-state index in [1.807, 2.05) is 60.1 Å². The third-order valence-corrected chi connectivity index (χ3v) is 7.12. The smallest absolute Gasteiger partial charge is 0.276 e. The first-order valence-electron chi connectivity index (χ1n) is 11.4. The van der Waals surface area contributed by atoms with Crippen LogP contribution in [0, 0.1) is 12.8 Å². The van der Waals surface area contributed by atoms with Gasteiger partial charge in [-0.05, 0) is 55.4 Å². The van der Waals surface area contributed by atoms with E-state index in [4.69, 9.17) is 17.3 Å². The number of aryl methyl sites for hydroxylation is 1. The van der Waals surface area contributed by atoms with E-state index >= 15 is 0 Å². The fourth-order valence-corrected chi connectivity index (χ4v) is 5.48. The molecule has 0 bridgehead atoms. The quantitative estimate of drug-likeness (QED) is 0.275. The minimum atomic E-state index is -0.113. The molecule has 4 aromatic rings. The Hall–Kier alpha value is -3.49. The molecule has 8 heteroatoms. The summed E-state index contributed by atoms with van der Waals surface area (Å²) in [6, 6.07) is 20.1. The topological polar surface area (TPSA) is 63.1 Å². The average molecular weight is 500 g/mol. The number of nitrogens with zero attached hydrogens (tertiary/aromatic N) is 4. The Morgan fingerprint density at radius 3 is 2.63 bits per heavy atom. The van der Waals surface area contributed by atoms with Gasteiger partial charge in [-0.25, -0.2) is 4.68 Å². The van der Waals surface area contributed by atoms with Gasteiger partial charge in [0.15, 0.2) is 5.11 Å². The first-order chi connectivity index (χ1) is 16.9. The third-order valence-electron chi connectivity index (χ3n) is 5.66. The monoisotopic (exact) mass is 499 g/mol. The van der Waals surface area contributed by atoms with Crippen molar-refractivity contribution in [1.82, 2.24) is 25.0 Å². The standard InChI is InChI=1S/C27H25N5OS2/c1-17(2)16-31-25(33)22(29-27(31)34)15-21-18(3)30-32(20-11-5-4-6-12-20)26(21)35-23-13-7-9-19-10-8-14-28-24(19)23/h4-15,17H,16H2,1-3H3,(H,29,34)/b22-15+. The van der Waals surface area contributed by atoms with Crippen molar-refractivity contribution in [2.24, 2.45) is 5.92 Å². The lowest BCUT2D eigenvalue weighted by Crippen LogP contribution is -2.33. The van der Waals surface area contributed by atoms with Crippen molar-refractivity contribution in [3.63, 3.8) is 0 Å². The second kappa shape index (κ2) is 9.64. The van der Waals surface area contributed by atoms with Gasteiger partial charge in [0.25, 0.3) is 5.91 Å². The van der Waals surface area contributed by atoms with Crippen LogP contribution in [0.15, 0.2) is 82.5 Å². The number of carbonyl (C=O) groups excluding carboxylic acids is 1. The van der Waals surface area contributed by atoms with Crippen molar-refractivity contribution in [1.29, 1.82) is 0 Å². The minimum Gasteiger partial charge on any atom is -0.328 e. The van der Waals surface area contributed by atoms with Crippen molar-refractivity contribution in [2.45, 2.75) is 30.7 Å². The molecule has 0 saturated carbocycles. The van der Waals surface area contributed by atoms with Gasteiger partial charge in [0.1, 0.15) is 10.7 Å². The molecule has 1 aliphatic rings. The van der Waals surface area contributed by atoms with Crippen LogP contribution in [0.4, 0.5) is 0 Å². The average Bonchev–Trinajstić information content (AvgIpc) is 3.30. The molecule has 1 N–H and O–H groups in total. The Morgan fingerprint density at radius 2 is 1.86 bits per heavy atom. The zero-order chi connectivity index (χ0) is 24.5. The first-order valence-corrected chi connectivity index (χ1v) is 12.7. The van der Waals surface area contributed by atoms with Gasteiger partial charge in [-0.1, -0.05) is 62.0 Å². The number of amides is 1. The number of para-hydroxylation sites is 2. The molecule has 5 rings (SSSR count). The molecule has 1 fully saturated rings. The highest BCUT2D eigenvalue weighted by atomic mass is 32.2. The molecule has 0 unspecified atom stereocenters. The molecule has 1 aliphatic heterocycles. The molecule has 1 amide bonds. The van der Waals surface area contributed by atoms with E-state index in [0.29, 0.717) is 23.3 Å². The SMILES string of the molecule is Cc1nn(-c2ccccc2)c(Sc2cccc3cccnc23)c1/C=C1/NC(=S)N(CC(C)C)C1=O. The second-order valence-corrected chi connectivity index (χ2v) is 10.2. The summed E-state index contributed by atoms with van der Waals surface area (Å²) in [6.45, 7) is 6.67. The Labute approximate surface area is 214 Å². The first kappa shape index (κ1) is 23.3. The van der Waals surface area contributed by atoms with E-state index in [1.165, 1.54) is 0 Å². The van der Waals surface area contributed by atoms with Crippen LogP contribution in [0.2, 0.25) is 0 Å². The predicted molar refractivity (Wildman–Crippen MR) is 144 cm³/mol. The number of thiocarbonyl (C=S) groups is 1. The van der Waals surface area contributed by atoms with Gasteiger partial charge in [0, 0.05) is 28.6 Å². The van der Waals surface area contributed by atoms with Gasteiger partial charge < -0.3 is 5.32 Å².